The summed E-state index contributed by atoms with van der Waals surface area (Å²) in [6.07, 6.45) is 0. The predicted octanol–water partition coefficient (Wildman–Crippen LogP) is 3.53. The zero-order valence-corrected chi connectivity index (χ0v) is 10.6. The highest BCUT2D eigenvalue weighted by Gasteiger charge is 2.06. The van der Waals surface area contributed by atoms with Crippen molar-refractivity contribution >= 4 is 28.3 Å². The number of halogens is 1. The molecule has 0 aromatic heterocycles. The number of hydrogen-bond acceptors (Lipinski definition) is 5. The first-order chi connectivity index (χ1) is 8.41. The molecule has 94 valence electrons. The van der Waals surface area contributed by atoms with Crippen LogP contribution >= 0.6 is 11.6 Å². The summed E-state index contributed by atoms with van der Waals surface area (Å²) >= 11 is 5.29. The zero-order chi connectivity index (χ0) is 13.7. The number of benzene rings is 1. The van der Waals surface area contributed by atoms with Crippen molar-refractivity contribution in [3.05, 3.63) is 41.3 Å². The number of rotatable bonds is 4. The van der Waals surface area contributed by atoms with E-state index in [0.717, 1.165) is 0 Å². The monoisotopic (exact) mass is 266 g/mol. The third kappa shape index (κ3) is 3.78. The van der Waals surface area contributed by atoms with E-state index in [-0.39, 0.29) is 17.2 Å². The van der Waals surface area contributed by atoms with Crippen molar-refractivity contribution in [3.8, 4) is 0 Å². The van der Waals surface area contributed by atoms with E-state index < -0.39 is 5.24 Å². The lowest BCUT2D eigenvalue weighted by atomic mass is 10.2. The smallest absolute Gasteiger partial charge is 0.252 e. The van der Waals surface area contributed by atoms with E-state index in [0.29, 0.717) is 11.3 Å². The molecule has 0 aliphatic heterocycles. The Labute approximate surface area is 109 Å². The zero-order valence-electron chi connectivity index (χ0n) is 9.85. The second-order valence-electron chi connectivity index (χ2n) is 3.51. The van der Waals surface area contributed by atoms with Crippen LogP contribution in [0.15, 0.2) is 46.0 Å². The van der Waals surface area contributed by atoms with Crippen LogP contribution in [0.5, 0.6) is 0 Å². The normalized spacial score (nSPS) is 12.4. The van der Waals surface area contributed by atoms with Crippen molar-refractivity contribution in [2.24, 2.45) is 10.2 Å². The lowest BCUT2D eigenvalue weighted by Crippen LogP contribution is -1.96. The topological polar surface area (TPSA) is 79.1 Å². The summed E-state index contributed by atoms with van der Waals surface area (Å²) < 4.78 is 0. The highest BCUT2D eigenvalue weighted by atomic mass is 35.5. The average molecular weight is 267 g/mol. The van der Waals surface area contributed by atoms with Gasteiger partial charge in [0.05, 0.1) is 5.69 Å². The van der Waals surface area contributed by atoms with Crippen LogP contribution < -0.4 is 0 Å². The first-order valence-corrected chi connectivity index (χ1v) is 5.42. The minimum atomic E-state index is -0.561. The molecule has 0 unspecified atom stereocenters. The van der Waals surface area contributed by atoms with Crippen molar-refractivity contribution in [1.82, 2.24) is 0 Å². The Hall–Kier alpha value is -2.01. The van der Waals surface area contributed by atoms with Crippen molar-refractivity contribution < 1.29 is 14.7 Å². The van der Waals surface area contributed by atoms with Gasteiger partial charge in [-0.25, -0.2) is 0 Å². The van der Waals surface area contributed by atoms with Gasteiger partial charge in [-0.15, -0.1) is 5.11 Å². The lowest BCUT2D eigenvalue weighted by Gasteiger charge is -1.97. The molecular formula is C12H11ClN2O3. The van der Waals surface area contributed by atoms with E-state index in [9.17, 15) is 14.7 Å². The number of carbonyl (C=O) groups is 2. The lowest BCUT2D eigenvalue weighted by molar-refractivity contribution is -0.113. The number of aliphatic hydroxyl groups excluding tert-OH is 1. The van der Waals surface area contributed by atoms with Crippen LogP contribution in [-0.4, -0.2) is 16.1 Å². The van der Waals surface area contributed by atoms with Gasteiger partial charge in [0.1, 0.15) is 5.76 Å². The van der Waals surface area contributed by atoms with Crippen LogP contribution in [-0.2, 0) is 4.79 Å². The van der Waals surface area contributed by atoms with Gasteiger partial charge < -0.3 is 5.11 Å². The van der Waals surface area contributed by atoms with Crippen LogP contribution in [0.4, 0.5) is 5.69 Å². The molecule has 0 heterocycles. The summed E-state index contributed by atoms with van der Waals surface area (Å²) in [6, 6.07) is 6.05. The molecule has 0 spiro atoms. The molecule has 6 heteroatoms. The van der Waals surface area contributed by atoms with Crippen molar-refractivity contribution in [2.75, 3.05) is 0 Å². The van der Waals surface area contributed by atoms with Crippen LogP contribution in [0.1, 0.15) is 24.2 Å². The van der Waals surface area contributed by atoms with Gasteiger partial charge in [0.15, 0.2) is 11.5 Å². The quantitative estimate of drug-likeness (QED) is 0.392. The SMILES string of the molecule is CC(=O)/C(N=Nc1ccc(C(=O)Cl)cc1)=C(/C)O. The largest absolute Gasteiger partial charge is 0.510 e. The number of nitrogens with zero attached hydrogens (tertiary/aromatic N) is 2. The third-order valence-corrected chi connectivity index (χ3v) is 2.25. The molecule has 0 saturated heterocycles. The van der Waals surface area contributed by atoms with Gasteiger partial charge >= 0.3 is 0 Å². The van der Waals surface area contributed by atoms with E-state index in [2.05, 4.69) is 10.2 Å². The van der Waals surface area contributed by atoms with Gasteiger partial charge in [0, 0.05) is 12.5 Å². The van der Waals surface area contributed by atoms with E-state index >= 15 is 0 Å². The van der Waals surface area contributed by atoms with Gasteiger partial charge in [-0.05, 0) is 42.8 Å². The number of aliphatic hydroxyl groups is 1. The molecule has 0 aliphatic rings. The van der Waals surface area contributed by atoms with Gasteiger partial charge in [-0.3, -0.25) is 9.59 Å². The maximum atomic E-state index is 11.1. The molecule has 5 nitrogen and oxygen atoms in total. The molecule has 1 N–H and O–H groups in total. The fourth-order valence-corrected chi connectivity index (χ4v) is 1.29. The minimum absolute atomic E-state index is 0.104. The Balaban J connectivity index is 2.94. The molecule has 0 aliphatic carbocycles. The first kappa shape index (κ1) is 14.1. The fourth-order valence-electron chi connectivity index (χ4n) is 1.16. The second-order valence-corrected chi connectivity index (χ2v) is 3.85. The highest BCUT2D eigenvalue weighted by Crippen LogP contribution is 2.17. The molecule has 1 rings (SSSR count). The molecule has 0 saturated carbocycles. The summed E-state index contributed by atoms with van der Waals surface area (Å²) in [5, 5.41) is 16.1. The number of allylic oxidation sites excluding steroid dienone is 2. The molecular weight excluding hydrogens is 256 g/mol. The second kappa shape index (κ2) is 6.07. The van der Waals surface area contributed by atoms with Gasteiger partial charge in [-0.2, -0.15) is 5.11 Å². The van der Waals surface area contributed by atoms with E-state index in [1.807, 2.05) is 0 Å². The average Bonchev–Trinajstić information content (AvgIpc) is 2.28. The molecule has 1 aromatic rings. The number of azo groups is 1. The Morgan fingerprint density at radius 2 is 1.72 bits per heavy atom. The van der Waals surface area contributed by atoms with Crippen molar-refractivity contribution in [3.63, 3.8) is 0 Å². The summed E-state index contributed by atoms with van der Waals surface area (Å²) in [6.45, 7) is 2.63. The van der Waals surface area contributed by atoms with Gasteiger partial charge in [0.2, 0.25) is 0 Å². The van der Waals surface area contributed by atoms with E-state index in [1.165, 1.54) is 38.1 Å². The molecule has 0 bridgehead atoms. The number of Topliss-reactive ketones (excluding diaryl/α,β-unsaturated/α-hetero) is 1. The van der Waals surface area contributed by atoms with E-state index in [1.54, 1.807) is 0 Å². The predicted molar refractivity (Wildman–Crippen MR) is 67.2 cm³/mol. The number of ketones is 1. The summed E-state index contributed by atoms with van der Waals surface area (Å²) in [4.78, 5) is 21.9. The molecule has 1 aromatic carbocycles. The fraction of sp³-hybridized carbons (Fsp3) is 0.167. The minimum Gasteiger partial charge on any atom is -0.510 e. The standard InChI is InChI=1S/C12H11ClN2O3/c1-7(16)11(8(2)17)15-14-10-5-3-9(4-6-10)12(13)18/h3-6,16H,1-2H3/b11-7+,15-14?. The highest BCUT2D eigenvalue weighted by molar-refractivity contribution is 6.67. The summed E-state index contributed by atoms with van der Waals surface area (Å²) in [5.74, 6) is -0.579. The summed E-state index contributed by atoms with van der Waals surface area (Å²) in [5.41, 5.74) is 0.681. The molecule has 18 heavy (non-hydrogen) atoms. The van der Waals surface area contributed by atoms with Crippen LogP contribution in [0.25, 0.3) is 0 Å². The van der Waals surface area contributed by atoms with Crippen molar-refractivity contribution in [2.45, 2.75) is 13.8 Å². The van der Waals surface area contributed by atoms with Crippen LogP contribution in [0, 0.1) is 0 Å². The Bertz CT molecular complexity index is 529. The van der Waals surface area contributed by atoms with Gasteiger partial charge in [0.25, 0.3) is 5.24 Å². The van der Waals surface area contributed by atoms with Gasteiger partial charge in [-0.1, -0.05) is 0 Å². The summed E-state index contributed by atoms with van der Waals surface area (Å²) in [7, 11) is 0. The third-order valence-electron chi connectivity index (χ3n) is 2.04. The molecule has 0 fully saturated rings. The number of carbonyl (C=O) groups excluding carboxylic acids is 2. The number of hydrogen-bond donors (Lipinski definition) is 1. The maximum Gasteiger partial charge on any atom is 0.252 e. The van der Waals surface area contributed by atoms with Crippen LogP contribution in [0.2, 0.25) is 0 Å². The maximum absolute atomic E-state index is 11.1. The Kier molecular flexibility index (Phi) is 4.74. The first-order valence-electron chi connectivity index (χ1n) is 5.04. The Morgan fingerprint density at radius 3 is 2.11 bits per heavy atom. The molecule has 0 atom stereocenters. The van der Waals surface area contributed by atoms with Crippen molar-refractivity contribution in [1.29, 1.82) is 0 Å². The van der Waals surface area contributed by atoms with E-state index in [4.69, 9.17) is 11.6 Å². The Morgan fingerprint density at radius 1 is 1.17 bits per heavy atom. The molecule has 0 amide bonds. The van der Waals surface area contributed by atoms with Crippen LogP contribution in [0.3, 0.4) is 0 Å². The molecule has 0 radical (unpaired) electrons.